The van der Waals surface area contributed by atoms with Crippen molar-refractivity contribution in [3.8, 4) is 0 Å². The van der Waals surface area contributed by atoms with Crippen molar-refractivity contribution < 1.29 is 80.2 Å². The SMILES string of the molecule is CCCCCCCCCCCCCCCCCCCCCC(=O)OC[C@H](COP(=O)(O)OC[C@@H](O)COP(=O)(O)OC[C@@H](COC(=O)CCCCCCCCCC)OC(=O)CCCCCCCCCCCCCCCCC(C)CC)OC(=O)CCCCCCCCCCCCCCCCCCCCC(C)C. The number of hydrogen-bond donors (Lipinski definition) is 3. The van der Waals surface area contributed by atoms with E-state index >= 15 is 0 Å². The van der Waals surface area contributed by atoms with Gasteiger partial charge < -0.3 is 33.8 Å². The van der Waals surface area contributed by atoms with Gasteiger partial charge in [0.05, 0.1) is 26.4 Å². The van der Waals surface area contributed by atoms with Crippen LogP contribution in [0.3, 0.4) is 0 Å². The number of phosphoric acid groups is 2. The maximum Gasteiger partial charge on any atom is 0.472 e. The summed E-state index contributed by atoms with van der Waals surface area (Å²) in [7, 11) is -9.93. The Kier molecular flexibility index (Phi) is 76.9. The van der Waals surface area contributed by atoms with Crippen LogP contribution in [0.1, 0.15) is 465 Å². The van der Waals surface area contributed by atoms with Gasteiger partial charge in [-0.1, -0.05) is 414 Å². The van der Waals surface area contributed by atoms with Crippen molar-refractivity contribution in [2.24, 2.45) is 11.8 Å². The van der Waals surface area contributed by atoms with E-state index in [-0.39, 0.29) is 25.7 Å². The summed E-state index contributed by atoms with van der Waals surface area (Å²) in [6.07, 6.45) is 70.9. The van der Waals surface area contributed by atoms with Crippen molar-refractivity contribution in [3.05, 3.63) is 0 Å². The molecule has 6 atom stereocenters. The first-order valence-electron chi connectivity index (χ1n) is 45.0. The lowest BCUT2D eigenvalue weighted by Crippen LogP contribution is -2.30. The highest BCUT2D eigenvalue weighted by atomic mass is 31.2. The molecular formula is C87H170O17P2. The molecule has 0 saturated heterocycles. The number of unbranched alkanes of at least 4 members (excludes halogenated alkanes) is 55. The summed E-state index contributed by atoms with van der Waals surface area (Å²) in [5, 5.41) is 10.7. The zero-order chi connectivity index (χ0) is 77.8. The third kappa shape index (κ3) is 78.7. The molecule has 0 rings (SSSR count). The molecule has 0 radical (unpaired) electrons. The molecule has 0 heterocycles. The standard InChI is InChI=1S/C87H170O17P2/c1-7-10-12-14-16-18-19-20-21-22-23-27-30-36-41-46-52-58-64-70-85(90)98-76-83(104-87(92)71-65-59-53-47-42-37-31-28-25-24-26-29-34-39-44-49-55-61-67-79(4)5)78-102-106(95,96)100-74-81(88)73-99-105(93,94)101-77-82(75-97-84(89)69-63-57-51-17-15-13-11-8-2)103-86(91)72-66-60-54-48-43-38-33-32-35-40-45-50-56-62-68-80(6)9-3/h79-83,88H,7-78H2,1-6H3,(H,93,94)(H,95,96)/t80?,81-,82+,83+/m0/s1. The Labute approximate surface area is 651 Å². The van der Waals surface area contributed by atoms with E-state index in [1.54, 1.807) is 0 Å². The van der Waals surface area contributed by atoms with Gasteiger partial charge in [0.1, 0.15) is 19.3 Å². The molecule has 630 valence electrons. The number of phosphoric ester groups is 2. The highest BCUT2D eigenvalue weighted by Crippen LogP contribution is 2.45. The number of carbonyl (C=O) groups excluding carboxylic acids is 4. The molecule has 3 N–H and O–H groups in total. The van der Waals surface area contributed by atoms with E-state index < -0.39 is 97.5 Å². The van der Waals surface area contributed by atoms with Crippen LogP contribution in [0.2, 0.25) is 0 Å². The molecule has 0 aliphatic rings. The Bertz CT molecular complexity index is 2030. The summed E-state index contributed by atoms with van der Waals surface area (Å²) < 4.78 is 68.8. The van der Waals surface area contributed by atoms with E-state index in [4.69, 9.17) is 37.0 Å². The van der Waals surface area contributed by atoms with Crippen molar-refractivity contribution in [2.75, 3.05) is 39.6 Å². The number of esters is 4. The van der Waals surface area contributed by atoms with E-state index in [1.807, 2.05) is 0 Å². The second kappa shape index (κ2) is 78.3. The molecule has 0 spiro atoms. The Morgan fingerprint density at radius 3 is 0.717 bits per heavy atom. The monoisotopic (exact) mass is 1550 g/mol. The van der Waals surface area contributed by atoms with Gasteiger partial charge >= 0.3 is 39.5 Å². The van der Waals surface area contributed by atoms with Crippen molar-refractivity contribution in [3.63, 3.8) is 0 Å². The molecule has 0 bridgehead atoms. The van der Waals surface area contributed by atoms with Crippen LogP contribution in [-0.2, 0) is 65.4 Å². The molecule has 0 aromatic carbocycles. The summed E-state index contributed by atoms with van der Waals surface area (Å²) in [5.74, 6) is -0.437. The molecular weight excluding hydrogens is 1380 g/mol. The Morgan fingerprint density at radius 1 is 0.274 bits per heavy atom. The lowest BCUT2D eigenvalue weighted by Gasteiger charge is -2.21. The number of hydrogen-bond acceptors (Lipinski definition) is 15. The topological polar surface area (TPSA) is 237 Å². The van der Waals surface area contributed by atoms with Crippen molar-refractivity contribution in [1.82, 2.24) is 0 Å². The van der Waals surface area contributed by atoms with Crippen LogP contribution in [0.25, 0.3) is 0 Å². The van der Waals surface area contributed by atoms with E-state index in [0.29, 0.717) is 25.7 Å². The molecule has 106 heavy (non-hydrogen) atoms. The van der Waals surface area contributed by atoms with Crippen molar-refractivity contribution in [2.45, 2.75) is 484 Å². The summed E-state index contributed by atoms with van der Waals surface area (Å²) in [5.41, 5.74) is 0. The number of aliphatic hydroxyl groups is 1. The first-order chi connectivity index (χ1) is 51.4. The quantitative estimate of drug-likeness (QED) is 0.0222. The fourth-order valence-corrected chi connectivity index (χ4v) is 15.1. The Morgan fingerprint density at radius 2 is 0.481 bits per heavy atom. The molecule has 19 heteroatoms. The average molecular weight is 1550 g/mol. The van der Waals surface area contributed by atoms with Crippen LogP contribution in [0.15, 0.2) is 0 Å². The summed E-state index contributed by atoms with van der Waals surface area (Å²) in [6.45, 7) is 9.74. The van der Waals surface area contributed by atoms with E-state index in [0.717, 1.165) is 108 Å². The van der Waals surface area contributed by atoms with Gasteiger partial charge in [-0.2, -0.15) is 0 Å². The predicted molar refractivity (Wildman–Crippen MR) is 437 cm³/mol. The fourth-order valence-electron chi connectivity index (χ4n) is 13.6. The molecule has 17 nitrogen and oxygen atoms in total. The molecule has 0 aromatic rings. The highest BCUT2D eigenvalue weighted by Gasteiger charge is 2.30. The van der Waals surface area contributed by atoms with Crippen LogP contribution in [0.5, 0.6) is 0 Å². The normalized spacial score (nSPS) is 14.1. The summed E-state index contributed by atoms with van der Waals surface area (Å²) >= 11 is 0. The number of carbonyl (C=O) groups is 4. The third-order valence-corrected chi connectivity index (χ3v) is 22.7. The van der Waals surface area contributed by atoms with Gasteiger partial charge in [-0.25, -0.2) is 9.13 Å². The molecule has 3 unspecified atom stereocenters. The number of aliphatic hydroxyl groups excluding tert-OH is 1. The highest BCUT2D eigenvalue weighted by molar-refractivity contribution is 7.47. The molecule has 0 fully saturated rings. The third-order valence-electron chi connectivity index (χ3n) is 20.8. The minimum Gasteiger partial charge on any atom is -0.462 e. The average Bonchev–Trinajstić information content (AvgIpc) is 0.902. The molecule has 0 amide bonds. The van der Waals surface area contributed by atoms with Crippen LogP contribution >= 0.6 is 15.6 Å². The van der Waals surface area contributed by atoms with Gasteiger partial charge in [-0.3, -0.25) is 37.3 Å². The van der Waals surface area contributed by atoms with Crippen LogP contribution < -0.4 is 0 Å². The Balaban J connectivity index is 5.18. The zero-order valence-corrected chi connectivity index (χ0v) is 71.5. The molecule has 0 aromatic heterocycles. The lowest BCUT2D eigenvalue weighted by molar-refractivity contribution is -0.161. The zero-order valence-electron chi connectivity index (χ0n) is 69.7. The summed E-state index contributed by atoms with van der Waals surface area (Å²) in [6, 6.07) is 0. The van der Waals surface area contributed by atoms with E-state index in [9.17, 15) is 43.2 Å². The molecule has 0 aliphatic heterocycles. The number of rotatable bonds is 86. The number of ether oxygens (including phenoxy) is 4. The van der Waals surface area contributed by atoms with Gasteiger partial charge in [-0.05, 0) is 37.5 Å². The first kappa shape index (κ1) is 104. The fraction of sp³-hybridized carbons (Fsp3) is 0.954. The molecule has 0 saturated carbocycles. The molecule has 0 aliphatic carbocycles. The second-order valence-electron chi connectivity index (χ2n) is 32.0. The van der Waals surface area contributed by atoms with Gasteiger partial charge in [0, 0.05) is 25.7 Å². The van der Waals surface area contributed by atoms with Gasteiger partial charge in [0.15, 0.2) is 12.2 Å². The van der Waals surface area contributed by atoms with Gasteiger partial charge in [-0.15, -0.1) is 0 Å². The van der Waals surface area contributed by atoms with Gasteiger partial charge in [0.25, 0.3) is 0 Å². The van der Waals surface area contributed by atoms with Crippen molar-refractivity contribution >= 4 is 39.5 Å². The van der Waals surface area contributed by atoms with E-state index in [2.05, 4.69) is 41.5 Å². The minimum atomic E-state index is -4.97. The van der Waals surface area contributed by atoms with Gasteiger partial charge in [0.2, 0.25) is 0 Å². The maximum absolute atomic E-state index is 13.1. The smallest absolute Gasteiger partial charge is 0.462 e. The second-order valence-corrected chi connectivity index (χ2v) is 34.9. The maximum atomic E-state index is 13.1. The van der Waals surface area contributed by atoms with Crippen LogP contribution in [-0.4, -0.2) is 96.7 Å². The minimum absolute atomic E-state index is 0.108. The van der Waals surface area contributed by atoms with E-state index in [1.165, 1.54) is 276 Å². The predicted octanol–water partition coefficient (Wildman–Crippen LogP) is 26.6. The van der Waals surface area contributed by atoms with Crippen LogP contribution in [0.4, 0.5) is 0 Å². The summed E-state index contributed by atoms with van der Waals surface area (Å²) in [4.78, 5) is 73.2. The largest absolute Gasteiger partial charge is 0.472 e. The lowest BCUT2D eigenvalue weighted by atomic mass is 9.99. The first-order valence-corrected chi connectivity index (χ1v) is 48.0. The van der Waals surface area contributed by atoms with Crippen molar-refractivity contribution in [1.29, 1.82) is 0 Å². The Hall–Kier alpha value is -1.94. The van der Waals surface area contributed by atoms with Crippen LogP contribution in [0, 0.1) is 11.8 Å².